The minimum atomic E-state index is 0.139. The fourth-order valence-electron chi connectivity index (χ4n) is 1.36. The highest BCUT2D eigenvalue weighted by Gasteiger charge is 1.99. The lowest BCUT2D eigenvalue weighted by atomic mass is 10.1. The molecule has 0 heterocycles. The number of nitrogens with two attached hydrogens (primary N) is 1. The standard InChI is InChI=1S/C13H21NS2/c1-3-15-9-4-10-16-13-7-5-12(6-8-13)11(2)14/h5-8,11H,3-4,9-10,14H2,1-2H3. The second-order valence-electron chi connectivity index (χ2n) is 3.76. The maximum Gasteiger partial charge on any atom is 0.0266 e. The van der Waals surface area contributed by atoms with Gasteiger partial charge in [0.05, 0.1) is 0 Å². The van der Waals surface area contributed by atoms with Gasteiger partial charge in [-0.05, 0) is 48.3 Å². The minimum Gasteiger partial charge on any atom is -0.324 e. The van der Waals surface area contributed by atoms with Crippen molar-refractivity contribution in [2.45, 2.75) is 31.2 Å². The second-order valence-corrected chi connectivity index (χ2v) is 6.32. The van der Waals surface area contributed by atoms with Crippen LogP contribution in [-0.4, -0.2) is 17.3 Å². The van der Waals surface area contributed by atoms with Crippen LogP contribution in [0.1, 0.15) is 31.9 Å². The van der Waals surface area contributed by atoms with Gasteiger partial charge < -0.3 is 5.73 Å². The van der Waals surface area contributed by atoms with Gasteiger partial charge in [-0.1, -0.05) is 19.1 Å². The van der Waals surface area contributed by atoms with Crippen LogP contribution in [0.2, 0.25) is 0 Å². The highest BCUT2D eigenvalue weighted by Crippen LogP contribution is 2.21. The molecule has 90 valence electrons. The summed E-state index contributed by atoms with van der Waals surface area (Å²) < 4.78 is 0. The monoisotopic (exact) mass is 255 g/mol. The zero-order valence-electron chi connectivity index (χ0n) is 10.1. The summed E-state index contributed by atoms with van der Waals surface area (Å²) >= 11 is 3.96. The number of benzene rings is 1. The maximum absolute atomic E-state index is 5.81. The molecule has 0 aliphatic heterocycles. The third-order valence-corrected chi connectivity index (χ3v) is 4.40. The van der Waals surface area contributed by atoms with Crippen molar-refractivity contribution < 1.29 is 0 Å². The third kappa shape index (κ3) is 5.28. The summed E-state index contributed by atoms with van der Waals surface area (Å²) in [7, 11) is 0. The average molecular weight is 255 g/mol. The Kier molecular flexibility index (Phi) is 7.01. The van der Waals surface area contributed by atoms with Crippen molar-refractivity contribution in [3.63, 3.8) is 0 Å². The van der Waals surface area contributed by atoms with Crippen LogP contribution >= 0.6 is 23.5 Å². The van der Waals surface area contributed by atoms with Gasteiger partial charge in [0.15, 0.2) is 0 Å². The van der Waals surface area contributed by atoms with Crippen molar-refractivity contribution in [1.29, 1.82) is 0 Å². The van der Waals surface area contributed by atoms with E-state index in [4.69, 9.17) is 5.73 Å². The first kappa shape index (κ1) is 13.9. The highest BCUT2D eigenvalue weighted by atomic mass is 32.2. The molecule has 1 unspecified atom stereocenters. The summed E-state index contributed by atoms with van der Waals surface area (Å²) in [6.45, 7) is 4.23. The first-order valence-corrected chi connectivity index (χ1v) is 7.94. The van der Waals surface area contributed by atoms with Crippen LogP contribution in [0, 0.1) is 0 Å². The van der Waals surface area contributed by atoms with Crippen LogP contribution in [0.25, 0.3) is 0 Å². The third-order valence-electron chi connectivity index (χ3n) is 2.31. The van der Waals surface area contributed by atoms with Gasteiger partial charge in [-0.3, -0.25) is 0 Å². The van der Waals surface area contributed by atoms with Gasteiger partial charge >= 0.3 is 0 Å². The zero-order chi connectivity index (χ0) is 11.8. The number of hydrogen-bond acceptors (Lipinski definition) is 3. The molecule has 0 aliphatic carbocycles. The largest absolute Gasteiger partial charge is 0.324 e. The van der Waals surface area contributed by atoms with Gasteiger partial charge in [0, 0.05) is 10.9 Å². The van der Waals surface area contributed by atoms with E-state index in [9.17, 15) is 0 Å². The summed E-state index contributed by atoms with van der Waals surface area (Å²) in [5.41, 5.74) is 7.02. The fraction of sp³-hybridized carbons (Fsp3) is 0.538. The van der Waals surface area contributed by atoms with Gasteiger partial charge in [-0.15, -0.1) is 11.8 Å². The number of thioether (sulfide) groups is 2. The summed E-state index contributed by atoms with van der Waals surface area (Å²) in [4.78, 5) is 1.35. The Morgan fingerprint density at radius 2 is 1.88 bits per heavy atom. The van der Waals surface area contributed by atoms with Crippen molar-refractivity contribution in [1.82, 2.24) is 0 Å². The van der Waals surface area contributed by atoms with Crippen LogP contribution in [0.3, 0.4) is 0 Å². The molecule has 1 rings (SSSR count). The van der Waals surface area contributed by atoms with Gasteiger partial charge in [0.1, 0.15) is 0 Å². The molecule has 1 nitrogen and oxygen atoms in total. The smallest absolute Gasteiger partial charge is 0.0266 e. The van der Waals surface area contributed by atoms with Crippen LogP contribution in [0.5, 0.6) is 0 Å². The maximum atomic E-state index is 5.81. The Bertz CT molecular complexity index is 282. The molecule has 0 aromatic heterocycles. The van der Waals surface area contributed by atoms with Crippen molar-refractivity contribution >= 4 is 23.5 Å². The Balaban J connectivity index is 2.27. The number of hydrogen-bond donors (Lipinski definition) is 1. The van der Waals surface area contributed by atoms with E-state index in [-0.39, 0.29) is 6.04 Å². The Morgan fingerprint density at radius 3 is 2.44 bits per heavy atom. The molecular weight excluding hydrogens is 234 g/mol. The average Bonchev–Trinajstić information content (AvgIpc) is 2.29. The molecule has 0 radical (unpaired) electrons. The molecule has 1 aromatic rings. The van der Waals surface area contributed by atoms with Crippen LogP contribution in [0.4, 0.5) is 0 Å². The van der Waals surface area contributed by atoms with E-state index in [1.165, 1.54) is 34.1 Å². The molecule has 0 amide bonds. The molecular formula is C13H21NS2. The molecule has 3 heteroatoms. The molecule has 0 saturated carbocycles. The van der Waals surface area contributed by atoms with Crippen molar-refractivity contribution in [2.24, 2.45) is 5.73 Å². The molecule has 16 heavy (non-hydrogen) atoms. The van der Waals surface area contributed by atoms with E-state index >= 15 is 0 Å². The van der Waals surface area contributed by atoms with E-state index < -0.39 is 0 Å². The first-order chi connectivity index (χ1) is 7.74. The minimum absolute atomic E-state index is 0.139. The zero-order valence-corrected chi connectivity index (χ0v) is 11.7. The summed E-state index contributed by atoms with van der Waals surface area (Å²) in [6.07, 6.45) is 1.29. The summed E-state index contributed by atoms with van der Waals surface area (Å²) in [6, 6.07) is 8.76. The van der Waals surface area contributed by atoms with Crippen LogP contribution < -0.4 is 5.73 Å². The van der Waals surface area contributed by atoms with E-state index in [0.717, 1.165) is 0 Å². The van der Waals surface area contributed by atoms with Gasteiger partial charge in [0.2, 0.25) is 0 Å². The molecule has 0 saturated heterocycles. The molecule has 1 aromatic carbocycles. The highest BCUT2D eigenvalue weighted by molar-refractivity contribution is 8.00. The molecule has 0 fully saturated rings. The van der Waals surface area contributed by atoms with E-state index in [2.05, 4.69) is 31.2 Å². The SMILES string of the molecule is CCSCCCSc1ccc(C(C)N)cc1. The molecule has 0 bridgehead atoms. The molecule has 0 spiro atoms. The Hall–Kier alpha value is -0.120. The van der Waals surface area contributed by atoms with E-state index in [0.29, 0.717) is 0 Å². The van der Waals surface area contributed by atoms with Crippen molar-refractivity contribution in [3.8, 4) is 0 Å². The normalized spacial score (nSPS) is 12.7. The second kappa shape index (κ2) is 8.04. The molecule has 0 aliphatic rings. The topological polar surface area (TPSA) is 26.0 Å². The van der Waals surface area contributed by atoms with E-state index in [1.54, 1.807) is 0 Å². The van der Waals surface area contributed by atoms with Gasteiger partial charge in [-0.25, -0.2) is 0 Å². The summed E-state index contributed by atoms with van der Waals surface area (Å²) in [5.74, 6) is 3.72. The predicted molar refractivity (Wildman–Crippen MR) is 77.4 cm³/mol. The Labute approximate surface area is 108 Å². The first-order valence-electron chi connectivity index (χ1n) is 5.80. The fourth-order valence-corrected chi connectivity index (χ4v) is 3.04. The lowest BCUT2D eigenvalue weighted by Gasteiger charge is -2.06. The predicted octanol–water partition coefficient (Wildman–Crippen LogP) is 3.94. The van der Waals surface area contributed by atoms with Gasteiger partial charge in [-0.2, -0.15) is 11.8 Å². The number of rotatable bonds is 7. The van der Waals surface area contributed by atoms with Crippen molar-refractivity contribution in [3.05, 3.63) is 29.8 Å². The Morgan fingerprint density at radius 1 is 1.19 bits per heavy atom. The quantitative estimate of drug-likeness (QED) is 0.590. The van der Waals surface area contributed by atoms with Crippen molar-refractivity contribution in [2.75, 3.05) is 17.3 Å². The van der Waals surface area contributed by atoms with Crippen LogP contribution in [0.15, 0.2) is 29.2 Å². The summed E-state index contributed by atoms with van der Waals surface area (Å²) in [5, 5.41) is 0. The molecule has 2 N–H and O–H groups in total. The van der Waals surface area contributed by atoms with E-state index in [1.807, 2.05) is 30.4 Å². The van der Waals surface area contributed by atoms with Gasteiger partial charge in [0.25, 0.3) is 0 Å². The lowest BCUT2D eigenvalue weighted by Crippen LogP contribution is -2.04. The molecule has 1 atom stereocenters. The van der Waals surface area contributed by atoms with Crippen LogP contribution in [-0.2, 0) is 0 Å². The lowest BCUT2D eigenvalue weighted by molar-refractivity contribution is 0.817.